The second-order valence-corrected chi connectivity index (χ2v) is 10.0. The topological polar surface area (TPSA) is 44.3 Å². The van der Waals surface area contributed by atoms with Crippen LogP contribution in [0.15, 0.2) is 42.6 Å². The van der Waals surface area contributed by atoms with Crippen molar-refractivity contribution in [2.24, 2.45) is 0 Å². The second kappa shape index (κ2) is 10.7. The fourth-order valence-corrected chi connectivity index (χ4v) is 6.03. The van der Waals surface area contributed by atoms with Crippen molar-refractivity contribution in [2.45, 2.75) is 82.2 Å². The fraction of sp³-hybridized carbons (Fsp3) is 0.630. The summed E-state index contributed by atoms with van der Waals surface area (Å²) >= 11 is 0. The Morgan fingerprint density at radius 1 is 0.781 bits per heavy atom. The molecule has 1 saturated carbocycles. The van der Waals surface area contributed by atoms with E-state index >= 15 is 0 Å². The highest BCUT2D eigenvalue weighted by Crippen LogP contribution is 2.35. The van der Waals surface area contributed by atoms with Crippen molar-refractivity contribution in [2.75, 3.05) is 36.4 Å². The molecule has 1 aromatic carbocycles. The van der Waals surface area contributed by atoms with E-state index in [2.05, 4.69) is 56.5 Å². The Morgan fingerprint density at radius 3 is 2.34 bits per heavy atom. The third-order valence-corrected chi connectivity index (χ3v) is 7.84. The van der Waals surface area contributed by atoms with Crippen molar-refractivity contribution in [1.29, 1.82) is 0 Å². The first-order valence-electron chi connectivity index (χ1n) is 13.0. The number of nitrogens with zero attached hydrogens (tertiary/aromatic N) is 4. The van der Waals surface area contributed by atoms with Crippen LogP contribution in [-0.4, -0.2) is 53.1 Å². The smallest absolute Gasteiger partial charge is 0.224 e. The molecule has 1 unspecified atom stereocenters. The summed E-state index contributed by atoms with van der Waals surface area (Å²) in [6.45, 7) is 4.62. The molecule has 2 saturated heterocycles. The van der Waals surface area contributed by atoms with E-state index in [0.29, 0.717) is 6.04 Å². The number of nitrogens with one attached hydrogen (secondary N) is 1. The first-order chi connectivity index (χ1) is 15.8. The van der Waals surface area contributed by atoms with Gasteiger partial charge in [-0.3, -0.25) is 4.90 Å². The first kappa shape index (κ1) is 21.7. The summed E-state index contributed by atoms with van der Waals surface area (Å²) in [4.78, 5) is 14.7. The lowest BCUT2D eigenvalue weighted by molar-refractivity contribution is 0.118. The Morgan fingerprint density at radius 2 is 1.56 bits per heavy atom. The molecule has 5 heteroatoms. The third kappa shape index (κ3) is 5.43. The highest BCUT2D eigenvalue weighted by atomic mass is 15.2. The molecule has 32 heavy (non-hydrogen) atoms. The lowest BCUT2D eigenvalue weighted by atomic mass is 9.81. The van der Waals surface area contributed by atoms with E-state index in [1.807, 2.05) is 6.20 Å². The quantitative estimate of drug-likeness (QED) is 0.678. The monoisotopic (exact) mass is 433 g/mol. The van der Waals surface area contributed by atoms with E-state index in [9.17, 15) is 0 Å². The first-order valence-corrected chi connectivity index (χ1v) is 13.0. The van der Waals surface area contributed by atoms with Crippen LogP contribution < -0.4 is 10.2 Å². The molecule has 1 atom stereocenters. The van der Waals surface area contributed by atoms with Crippen molar-refractivity contribution in [1.82, 2.24) is 14.9 Å². The number of benzene rings is 1. The number of piperidine rings is 1. The zero-order valence-electron chi connectivity index (χ0n) is 19.5. The lowest BCUT2D eigenvalue weighted by Gasteiger charge is -2.41. The van der Waals surface area contributed by atoms with Crippen LogP contribution in [0.5, 0.6) is 0 Å². The van der Waals surface area contributed by atoms with Crippen LogP contribution in [0.25, 0.3) is 0 Å². The van der Waals surface area contributed by atoms with E-state index in [1.165, 1.54) is 76.3 Å². The number of anilines is 2. The second-order valence-electron chi connectivity index (χ2n) is 10.0. The maximum Gasteiger partial charge on any atom is 0.224 e. The molecule has 3 aliphatic rings. The van der Waals surface area contributed by atoms with Crippen LogP contribution in [0.2, 0.25) is 0 Å². The van der Waals surface area contributed by atoms with Crippen LogP contribution in [0, 0.1) is 0 Å². The van der Waals surface area contributed by atoms with E-state index in [-0.39, 0.29) is 0 Å². The maximum absolute atomic E-state index is 4.90. The van der Waals surface area contributed by atoms with E-state index < -0.39 is 0 Å². The predicted molar refractivity (Wildman–Crippen MR) is 132 cm³/mol. The Labute approximate surface area is 193 Å². The molecule has 2 aliphatic heterocycles. The number of rotatable bonds is 5. The average molecular weight is 434 g/mol. The summed E-state index contributed by atoms with van der Waals surface area (Å²) in [6.07, 6.45) is 15.0. The molecule has 2 aromatic rings. The van der Waals surface area contributed by atoms with Gasteiger partial charge in [0.2, 0.25) is 5.95 Å². The van der Waals surface area contributed by atoms with Gasteiger partial charge in [-0.1, -0.05) is 43.2 Å². The molecule has 1 N–H and O–H groups in total. The molecular weight excluding hydrogens is 394 g/mol. The minimum atomic E-state index is 0.454. The van der Waals surface area contributed by atoms with Crippen molar-refractivity contribution < 1.29 is 0 Å². The van der Waals surface area contributed by atoms with Crippen LogP contribution in [-0.2, 0) is 0 Å². The van der Waals surface area contributed by atoms with Crippen LogP contribution in [0.3, 0.4) is 0 Å². The Balaban J connectivity index is 1.15. The molecule has 0 amide bonds. The molecule has 5 rings (SSSR count). The van der Waals surface area contributed by atoms with Gasteiger partial charge in [0.15, 0.2) is 0 Å². The summed E-state index contributed by atoms with van der Waals surface area (Å²) in [7, 11) is 0. The SMILES string of the molecule is c1ccc(C2CCC(N3CCCC(Nc4nccc(N5CCCCCC5)n4)C3)CC2)cc1. The number of hydrogen-bond donors (Lipinski definition) is 1. The van der Waals surface area contributed by atoms with Crippen molar-refractivity contribution >= 4 is 11.8 Å². The molecule has 1 aliphatic carbocycles. The van der Waals surface area contributed by atoms with Crippen molar-refractivity contribution in [3.63, 3.8) is 0 Å². The standard InChI is InChI=1S/C27H39N5/c1-2-7-19-31(18-6-1)26-16-17-28-27(30-26)29-24-11-8-20-32(21-24)25-14-12-23(13-15-25)22-9-4-3-5-10-22/h3-5,9-10,16-17,23-25H,1-2,6-8,11-15,18-21H2,(H,28,29,30). The number of aromatic nitrogens is 2. The Kier molecular flexibility index (Phi) is 7.22. The molecule has 0 spiro atoms. The van der Waals surface area contributed by atoms with Crippen molar-refractivity contribution in [3.8, 4) is 0 Å². The van der Waals surface area contributed by atoms with Crippen LogP contribution in [0.1, 0.15) is 75.7 Å². The van der Waals surface area contributed by atoms with Gasteiger partial charge in [-0.15, -0.1) is 0 Å². The largest absolute Gasteiger partial charge is 0.356 e. The van der Waals surface area contributed by atoms with Gasteiger partial charge in [-0.2, -0.15) is 4.98 Å². The van der Waals surface area contributed by atoms with Gasteiger partial charge in [-0.05, 0) is 75.5 Å². The van der Waals surface area contributed by atoms with E-state index in [4.69, 9.17) is 4.98 Å². The van der Waals surface area contributed by atoms with Gasteiger partial charge in [0, 0.05) is 37.9 Å². The third-order valence-electron chi connectivity index (χ3n) is 7.84. The maximum atomic E-state index is 4.90. The molecule has 5 nitrogen and oxygen atoms in total. The summed E-state index contributed by atoms with van der Waals surface area (Å²) in [5, 5.41) is 3.69. The molecule has 0 bridgehead atoms. The summed E-state index contributed by atoms with van der Waals surface area (Å²) in [5.74, 6) is 2.66. The fourth-order valence-electron chi connectivity index (χ4n) is 6.03. The van der Waals surface area contributed by atoms with Gasteiger partial charge in [0.25, 0.3) is 0 Å². The van der Waals surface area contributed by atoms with Gasteiger partial charge in [0.1, 0.15) is 5.82 Å². The highest BCUT2D eigenvalue weighted by molar-refractivity contribution is 5.43. The minimum absolute atomic E-state index is 0.454. The average Bonchev–Trinajstić information content (AvgIpc) is 3.15. The van der Waals surface area contributed by atoms with Gasteiger partial charge >= 0.3 is 0 Å². The van der Waals surface area contributed by atoms with E-state index in [0.717, 1.165) is 43.4 Å². The Bertz CT molecular complexity index is 825. The number of likely N-dealkylation sites (tertiary alicyclic amines) is 1. The van der Waals surface area contributed by atoms with E-state index in [1.54, 1.807) is 0 Å². The van der Waals surface area contributed by atoms with Gasteiger partial charge < -0.3 is 10.2 Å². The van der Waals surface area contributed by atoms with Gasteiger partial charge in [-0.25, -0.2) is 4.98 Å². The van der Waals surface area contributed by atoms with Crippen LogP contribution >= 0.6 is 0 Å². The minimum Gasteiger partial charge on any atom is -0.356 e. The van der Waals surface area contributed by atoms with Crippen LogP contribution in [0.4, 0.5) is 11.8 Å². The number of hydrogen-bond acceptors (Lipinski definition) is 5. The lowest BCUT2D eigenvalue weighted by Crippen LogP contribution is -2.48. The summed E-state index contributed by atoms with van der Waals surface area (Å²) < 4.78 is 0. The molecular formula is C27H39N5. The zero-order valence-corrected chi connectivity index (χ0v) is 19.5. The molecule has 0 radical (unpaired) electrons. The highest BCUT2D eigenvalue weighted by Gasteiger charge is 2.30. The van der Waals surface area contributed by atoms with Gasteiger partial charge in [0.05, 0.1) is 0 Å². The normalized spacial score (nSPS) is 27.6. The predicted octanol–water partition coefficient (Wildman–Crippen LogP) is 5.46. The summed E-state index contributed by atoms with van der Waals surface area (Å²) in [5.41, 5.74) is 1.53. The molecule has 1 aromatic heterocycles. The molecule has 172 valence electrons. The zero-order chi connectivity index (χ0) is 21.6. The molecule has 3 fully saturated rings. The summed E-state index contributed by atoms with van der Waals surface area (Å²) in [6, 6.07) is 14.4. The Hall–Kier alpha value is -2.14. The van der Waals surface area contributed by atoms with Crippen molar-refractivity contribution in [3.05, 3.63) is 48.2 Å². The molecule has 3 heterocycles.